The van der Waals surface area contributed by atoms with Gasteiger partial charge < -0.3 is 5.11 Å². The molecule has 0 heterocycles. The highest BCUT2D eigenvalue weighted by Crippen LogP contribution is 2.29. The molecule has 1 N–H and O–H groups in total. The molecule has 11 heavy (non-hydrogen) atoms. The van der Waals surface area contributed by atoms with Gasteiger partial charge in [0.1, 0.15) is 0 Å². The molecule has 0 aliphatic heterocycles. The molecule has 5 heteroatoms. The van der Waals surface area contributed by atoms with E-state index in [1.807, 2.05) is 0 Å². The Morgan fingerprint density at radius 3 is 2.09 bits per heavy atom. The van der Waals surface area contributed by atoms with Gasteiger partial charge in [0, 0.05) is 0 Å². The van der Waals surface area contributed by atoms with E-state index < -0.39 is 18.1 Å². The van der Waals surface area contributed by atoms with Gasteiger partial charge in [0.25, 0.3) is 0 Å². The van der Waals surface area contributed by atoms with Crippen LogP contribution in [0, 0.1) is 5.92 Å². The van der Waals surface area contributed by atoms with E-state index in [2.05, 4.69) is 0 Å². The zero-order chi connectivity index (χ0) is 9.07. The first-order chi connectivity index (χ1) is 4.89. The van der Waals surface area contributed by atoms with E-state index in [-0.39, 0.29) is 12.8 Å². The third-order valence-corrected chi connectivity index (χ3v) is 1.27. The number of alkyl halides is 3. The minimum Gasteiger partial charge on any atom is -0.481 e. The summed E-state index contributed by atoms with van der Waals surface area (Å²) >= 11 is 0. The van der Waals surface area contributed by atoms with Gasteiger partial charge in [0.2, 0.25) is 0 Å². The lowest BCUT2D eigenvalue weighted by Gasteiger charge is -2.14. The molecule has 2 nitrogen and oxygen atoms in total. The van der Waals surface area contributed by atoms with Crippen LogP contribution in [0.2, 0.25) is 0 Å². The maximum atomic E-state index is 11.8. The number of halogens is 3. The molecule has 66 valence electrons. The summed E-state index contributed by atoms with van der Waals surface area (Å²) in [5.41, 5.74) is 0. The van der Waals surface area contributed by atoms with Crippen LogP contribution in [0.3, 0.4) is 0 Å². The zero-order valence-electron chi connectivity index (χ0n) is 5.98. The fraction of sp³-hybridized carbons (Fsp3) is 0.833. The highest BCUT2D eigenvalue weighted by molar-refractivity contribution is 5.70. The second-order valence-corrected chi connectivity index (χ2v) is 2.22. The fourth-order valence-electron chi connectivity index (χ4n) is 0.716. The zero-order valence-corrected chi connectivity index (χ0v) is 5.98. The Morgan fingerprint density at radius 2 is 2.00 bits per heavy atom. The van der Waals surface area contributed by atoms with Gasteiger partial charge in [0.15, 0.2) is 5.92 Å². The molecule has 0 amide bonds. The molecule has 0 radical (unpaired) electrons. The Hall–Kier alpha value is -0.740. The molecule has 0 spiro atoms. The van der Waals surface area contributed by atoms with Crippen molar-refractivity contribution in [2.45, 2.75) is 25.9 Å². The Bertz CT molecular complexity index is 141. The summed E-state index contributed by atoms with van der Waals surface area (Å²) in [5.74, 6) is -3.99. The number of hydrogen-bond acceptors (Lipinski definition) is 1. The number of carbonyl (C=O) groups is 1. The van der Waals surface area contributed by atoms with Crippen LogP contribution in [0.4, 0.5) is 13.2 Å². The highest BCUT2D eigenvalue weighted by Gasteiger charge is 2.43. The number of hydrogen-bond donors (Lipinski definition) is 1. The van der Waals surface area contributed by atoms with E-state index >= 15 is 0 Å². The van der Waals surface area contributed by atoms with Crippen molar-refractivity contribution in [2.24, 2.45) is 5.92 Å². The second kappa shape index (κ2) is 3.59. The normalized spacial score (nSPS) is 14.5. The molecule has 0 aliphatic rings. The first kappa shape index (κ1) is 10.3. The summed E-state index contributed by atoms with van der Waals surface area (Å²) in [6, 6.07) is 0. The van der Waals surface area contributed by atoms with Crippen molar-refractivity contribution in [1.29, 1.82) is 0 Å². The van der Waals surface area contributed by atoms with Crippen LogP contribution >= 0.6 is 0 Å². The van der Waals surface area contributed by atoms with Crippen LogP contribution in [0.25, 0.3) is 0 Å². The molecule has 0 aromatic rings. The third-order valence-electron chi connectivity index (χ3n) is 1.27. The number of rotatable bonds is 3. The molecule has 0 rings (SSSR count). The summed E-state index contributed by atoms with van der Waals surface area (Å²) < 4.78 is 35.3. The van der Waals surface area contributed by atoms with Gasteiger partial charge >= 0.3 is 12.1 Å². The minimum absolute atomic E-state index is 0.219. The van der Waals surface area contributed by atoms with E-state index in [9.17, 15) is 18.0 Å². The first-order valence-electron chi connectivity index (χ1n) is 3.19. The SMILES string of the molecule is CCCC(C(=O)O)C(F)(F)F. The quantitative estimate of drug-likeness (QED) is 0.703. The van der Waals surface area contributed by atoms with Gasteiger partial charge in [-0.05, 0) is 6.42 Å². The van der Waals surface area contributed by atoms with Crippen molar-refractivity contribution in [2.75, 3.05) is 0 Å². The van der Waals surface area contributed by atoms with E-state index in [4.69, 9.17) is 5.11 Å². The van der Waals surface area contributed by atoms with Gasteiger partial charge in [-0.15, -0.1) is 0 Å². The van der Waals surface area contributed by atoms with Crippen molar-refractivity contribution in [1.82, 2.24) is 0 Å². The van der Waals surface area contributed by atoms with Crippen molar-refractivity contribution >= 4 is 5.97 Å². The van der Waals surface area contributed by atoms with Gasteiger partial charge in [0.05, 0.1) is 0 Å². The van der Waals surface area contributed by atoms with Crippen molar-refractivity contribution in [3.8, 4) is 0 Å². The Balaban J connectivity index is 4.22. The first-order valence-corrected chi connectivity index (χ1v) is 3.19. The molecule has 1 atom stereocenters. The second-order valence-electron chi connectivity index (χ2n) is 2.22. The molecule has 0 aromatic carbocycles. The van der Waals surface area contributed by atoms with E-state index in [0.717, 1.165) is 0 Å². The molecule has 0 aliphatic carbocycles. The van der Waals surface area contributed by atoms with Gasteiger partial charge in [-0.2, -0.15) is 13.2 Å². The van der Waals surface area contributed by atoms with Gasteiger partial charge in [-0.3, -0.25) is 4.79 Å². The van der Waals surface area contributed by atoms with Crippen LogP contribution < -0.4 is 0 Å². The molecule has 1 unspecified atom stereocenters. The van der Waals surface area contributed by atoms with Crippen LogP contribution in [-0.2, 0) is 4.79 Å². The standard InChI is InChI=1S/C6H9F3O2/c1-2-3-4(5(10)11)6(7,8)9/h4H,2-3H2,1H3,(H,10,11). The fourth-order valence-corrected chi connectivity index (χ4v) is 0.716. The Morgan fingerprint density at radius 1 is 1.55 bits per heavy atom. The molecular formula is C6H9F3O2. The van der Waals surface area contributed by atoms with E-state index in [1.165, 1.54) is 6.92 Å². The maximum Gasteiger partial charge on any atom is 0.402 e. The number of carboxylic acids is 1. The molecule has 0 bridgehead atoms. The van der Waals surface area contributed by atoms with E-state index in [1.54, 1.807) is 0 Å². The van der Waals surface area contributed by atoms with Crippen LogP contribution in [-0.4, -0.2) is 17.3 Å². The topological polar surface area (TPSA) is 37.3 Å². The Kier molecular flexibility index (Phi) is 3.35. The Labute approximate surface area is 62.0 Å². The van der Waals surface area contributed by atoms with E-state index in [0.29, 0.717) is 0 Å². The van der Waals surface area contributed by atoms with Gasteiger partial charge in [-0.25, -0.2) is 0 Å². The van der Waals surface area contributed by atoms with Crippen LogP contribution in [0.5, 0.6) is 0 Å². The number of aliphatic carboxylic acids is 1. The van der Waals surface area contributed by atoms with Crippen molar-refractivity contribution < 1.29 is 23.1 Å². The smallest absolute Gasteiger partial charge is 0.402 e. The summed E-state index contributed by atoms with van der Waals surface area (Å²) in [7, 11) is 0. The third kappa shape index (κ3) is 3.25. The summed E-state index contributed by atoms with van der Waals surface area (Å²) in [6.07, 6.45) is -4.74. The largest absolute Gasteiger partial charge is 0.481 e. The van der Waals surface area contributed by atoms with Gasteiger partial charge in [-0.1, -0.05) is 13.3 Å². The van der Waals surface area contributed by atoms with Crippen molar-refractivity contribution in [3.05, 3.63) is 0 Å². The predicted octanol–water partition coefficient (Wildman–Crippen LogP) is 2.05. The molecule has 0 saturated carbocycles. The van der Waals surface area contributed by atoms with Crippen LogP contribution in [0.1, 0.15) is 19.8 Å². The minimum atomic E-state index is -4.61. The lowest BCUT2D eigenvalue weighted by atomic mass is 10.0. The number of carboxylic acid groups (broad SMARTS) is 1. The molecular weight excluding hydrogens is 161 g/mol. The summed E-state index contributed by atoms with van der Waals surface area (Å²) in [6.45, 7) is 1.52. The molecule has 0 fully saturated rings. The molecule has 0 saturated heterocycles. The molecule has 0 aromatic heterocycles. The monoisotopic (exact) mass is 170 g/mol. The lowest BCUT2D eigenvalue weighted by Crippen LogP contribution is -2.30. The average molecular weight is 170 g/mol. The lowest BCUT2D eigenvalue weighted by molar-refractivity contribution is -0.194. The summed E-state index contributed by atoms with van der Waals surface area (Å²) in [4.78, 5) is 10.0. The average Bonchev–Trinajstić information content (AvgIpc) is 1.79. The highest BCUT2D eigenvalue weighted by atomic mass is 19.4. The van der Waals surface area contributed by atoms with Crippen molar-refractivity contribution in [3.63, 3.8) is 0 Å². The van der Waals surface area contributed by atoms with Crippen LogP contribution in [0.15, 0.2) is 0 Å². The summed E-state index contributed by atoms with van der Waals surface area (Å²) in [5, 5.41) is 8.12. The maximum absolute atomic E-state index is 11.8. The predicted molar refractivity (Wildman–Crippen MR) is 32.1 cm³/mol.